The van der Waals surface area contributed by atoms with Gasteiger partial charge in [-0.2, -0.15) is 0 Å². The van der Waals surface area contributed by atoms with Gasteiger partial charge < -0.3 is 10.1 Å². The molecule has 0 saturated heterocycles. The number of nitrogens with zero attached hydrogens (tertiary/aromatic N) is 1. The summed E-state index contributed by atoms with van der Waals surface area (Å²) in [5, 5.41) is 2.54. The summed E-state index contributed by atoms with van der Waals surface area (Å²) in [5.41, 5.74) is 1.39. The Labute approximate surface area is 134 Å². The molecule has 0 bridgehead atoms. The lowest BCUT2D eigenvalue weighted by Gasteiger charge is -2.12. The first-order chi connectivity index (χ1) is 10.8. The number of methoxy groups -OCH3 is 1. The number of aryl methyl sites for hydroxylation is 1. The molecule has 0 radical (unpaired) electrons. The number of carbonyl (C=O) groups excluding carboxylic acids is 1. The summed E-state index contributed by atoms with van der Waals surface area (Å²) in [6.45, 7) is 3.10. The Morgan fingerprint density at radius 3 is 2.57 bits per heavy atom. The van der Waals surface area contributed by atoms with E-state index in [1.54, 1.807) is 19.1 Å². The lowest BCUT2D eigenvalue weighted by atomic mass is 10.3. The van der Waals surface area contributed by atoms with E-state index in [1.165, 1.54) is 38.4 Å². The van der Waals surface area contributed by atoms with E-state index in [1.807, 2.05) is 0 Å². The van der Waals surface area contributed by atoms with Gasteiger partial charge in [0, 0.05) is 18.8 Å². The first kappa shape index (κ1) is 16.8. The molecule has 8 heteroatoms. The van der Waals surface area contributed by atoms with E-state index in [9.17, 15) is 13.2 Å². The normalized spacial score (nSPS) is 10.9. The molecule has 0 aliphatic heterocycles. The molecular formula is C15H17N3O4S. The third-order valence-electron chi connectivity index (χ3n) is 2.94. The van der Waals surface area contributed by atoms with E-state index in [-0.39, 0.29) is 16.5 Å². The van der Waals surface area contributed by atoms with Gasteiger partial charge in [0.05, 0.1) is 23.4 Å². The standard InChI is InChI=1S/C15H17N3O4S/c1-10-8-12(6-7-16-10)18-23(20,21)13-4-5-15(22-3)14(9-13)17-11(2)19/h4-9H,1-3H3,(H,16,18)(H,17,19). The van der Waals surface area contributed by atoms with Gasteiger partial charge in [0.15, 0.2) is 0 Å². The number of amides is 1. The Hall–Kier alpha value is -2.61. The average molecular weight is 335 g/mol. The maximum Gasteiger partial charge on any atom is 0.261 e. The Balaban J connectivity index is 2.37. The van der Waals surface area contributed by atoms with Gasteiger partial charge in [-0.15, -0.1) is 0 Å². The van der Waals surface area contributed by atoms with Gasteiger partial charge in [-0.25, -0.2) is 8.42 Å². The first-order valence-electron chi connectivity index (χ1n) is 6.73. The quantitative estimate of drug-likeness (QED) is 0.872. The molecule has 122 valence electrons. The zero-order valence-corrected chi connectivity index (χ0v) is 13.8. The zero-order valence-electron chi connectivity index (χ0n) is 13.0. The number of benzene rings is 1. The number of rotatable bonds is 5. The molecule has 0 aliphatic rings. The van der Waals surface area contributed by atoms with Crippen LogP contribution in [0, 0.1) is 6.92 Å². The summed E-state index contributed by atoms with van der Waals surface area (Å²) in [4.78, 5) is 15.3. The highest BCUT2D eigenvalue weighted by molar-refractivity contribution is 7.92. The second kappa shape index (κ2) is 6.66. The van der Waals surface area contributed by atoms with Crippen molar-refractivity contribution in [3.8, 4) is 5.75 Å². The van der Waals surface area contributed by atoms with E-state index in [0.717, 1.165) is 0 Å². The van der Waals surface area contributed by atoms with Gasteiger partial charge in [0.2, 0.25) is 5.91 Å². The molecule has 1 amide bonds. The predicted octanol–water partition coefficient (Wildman–Crippen LogP) is 2.16. The average Bonchev–Trinajstić information content (AvgIpc) is 2.46. The third-order valence-corrected chi connectivity index (χ3v) is 4.32. The number of hydrogen-bond donors (Lipinski definition) is 2. The molecule has 1 heterocycles. The number of carbonyl (C=O) groups is 1. The highest BCUT2D eigenvalue weighted by Gasteiger charge is 2.17. The van der Waals surface area contributed by atoms with E-state index < -0.39 is 10.0 Å². The number of ether oxygens (including phenoxy) is 1. The molecule has 23 heavy (non-hydrogen) atoms. The summed E-state index contributed by atoms with van der Waals surface area (Å²) < 4.78 is 32.5. The van der Waals surface area contributed by atoms with E-state index in [0.29, 0.717) is 17.1 Å². The molecule has 2 N–H and O–H groups in total. The Morgan fingerprint density at radius 1 is 1.22 bits per heavy atom. The van der Waals surface area contributed by atoms with Crippen LogP contribution in [0.2, 0.25) is 0 Å². The summed E-state index contributed by atoms with van der Waals surface area (Å²) >= 11 is 0. The smallest absolute Gasteiger partial charge is 0.261 e. The van der Waals surface area contributed by atoms with Crippen LogP contribution in [0.4, 0.5) is 11.4 Å². The van der Waals surface area contributed by atoms with Crippen molar-refractivity contribution in [2.75, 3.05) is 17.1 Å². The Kier molecular flexibility index (Phi) is 4.85. The molecule has 2 rings (SSSR count). The van der Waals surface area contributed by atoms with E-state index >= 15 is 0 Å². The van der Waals surface area contributed by atoms with Crippen molar-refractivity contribution in [3.05, 3.63) is 42.2 Å². The number of hydrogen-bond acceptors (Lipinski definition) is 5. The molecule has 7 nitrogen and oxygen atoms in total. The van der Waals surface area contributed by atoms with Crippen molar-refractivity contribution in [1.29, 1.82) is 0 Å². The van der Waals surface area contributed by atoms with Crippen LogP contribution >= 0.6 is 0 Å². The van der Waals surface area contributed by atoms with Crippen molar-refractivity contribution >= 4 is 27.3 Å². The fourth-order valence-electron chi connectivity index (χ4n) is 1.96. The summed E-state index contributed by atoms with van der Waals surface area (Å²) in [7, 11) is -2.36. The van der Waals surface area contributed by atoms with Crippen molar-refractivity contribution in [1.82, 2.24) is 4.98 Å². The van der Waals surface area contributed by atoms with Crippen LogP contribution in [0.3, 0.4) is 0 Å². The van der Waals surface area contributed by atoms with Crippen LogP contribution in [-0.2, 0) is 14.8 Å². The van der Waals surface area contributed by atoms with Crippen molar-refractivity contribution < 1.29 is 17.9 Å². The fourth-order valence-corrected chi connectivity index (χ4v) is 3.04. The van der Waals surface area contributed by atoms with Crippen LogP contribution in [-0.4, -0.2) is 26.4 Å². The van der Waals surface area contributed by atoms with Crippen molar-refractivity contribution in [3.63, 3.8) is 0 Å². The fraction of sp³-hybridized carbons (Fsp3) is 0.200. The third kappa shape index (κ3) is 4.19. The van der Waals surface area contributed by atoms with Crippen molar-refractivity contribution in [2.24, 2.45) is 0 Å². The lowest BCUT2D eigenvalue weighted by Crippen LogP contribution is -2.14. The zero-order chi connectivity index (χ0) is 17.0. The minimum absolute atomic E-state index is 0.0107. The number of anilines is 2. The number of nitrogens with one attached hydrogen (secondary N) is 2. The predicted molar refractivity (Wildman–Crippen MR) is 87.1 cm³/mol. The van der Waals surface area contributed by atoms with Gasteiger partial charge in [-0.1, -0.05) is 0 Å². The number of sulfonamides is 1. The van der Waals surface area contributed by atoms with Gasteiger partial charge >= 0.3 is 0 Å². The molecule has 2 aromatic rings. The molecule has 0 atom stereocenters. The first-order valence-corrected chi connectivity index (χ1v) is 8.21. The summed E-state index contributed by atoms with van der Waals surface area (Å²) in [6.07, 6.45) is 1.52. The van der Waals surface area contributed by atoms with Gasteiger partial charge in [0.1, 0.15) is 5.75 Å². The summed E-state index contributed by atoms with van der Waals surface area (Å²) in [6, 6.07) is 7.41. The summed E-state index contributed by atoms with van der Waals surface area (Å²) in [5.74, 6) is 0.0504. The SMILES string of the molecule is COc1ccc(S(=O)(=O)Nc2ccnc(C)c2)cc1NC(C)=O. The van der Waals surface area contributed by atoms with E-state index in [2.05, 4.69) is 15.0 Å². The molecule has 0 aliphatic carbocycles. The molecular weight excluding hydrogens is 318 g/mol. The maximum atomic E-state index is 12.5. The number of aromatic nitrogens is 1. The molecule has 0 spiro atoms. The largest absolute Gasteiger partial charge is 0.495 e. The second-order valence-electron chi connectivity index (χ2n) is 4.83. The van der Waals surface area contributed by atoms with Crippen LogP contribution in [0.25, 0.3) is 0 Å². The van der Waals surface area contributed by atoms with Gasteiger partial charge in [-0.3, -0.25) is 14.5 Å². The monoisotopic (exact) mass is 335 g/mol. The molecule has 1 aromatic carbocycles. The molecule has 1 aromatic heterocycles. The molecule has 0 fully saturated rings. The highest BCUT2D eigenvalue weighted by Crippen LogP contribution is 2.28. The number of pyridine rings is 1. The Bertz CT molecular complexity index is 834. The second-order valence-corrected chi connectivity index (χ2v) is 6.52. The molecule has 0 saturated carbocycles. The van der Waals surface area contributed by atoms with Crippen LogP contribution in [0.5, 0.6) is 5.75 Å². The topological polar surface area (TPSA) is 97.4 Å². The van der Waals surface area contributed by atoms with Crippen LogP contribution < -0.4 is 14.8 Å². The van der Waals surface area contributed by atoms with Crippen LogP contribution in [0.15, 0.2) is 41.4 Å². The van der Waals surface area contributed by atoms with Gasteiger partial charge in [-0.05, 0) is 37.3 Å². The Morgan fingerprint density at radius 2 is 1.96 bits per heavy atom. The highest BCUT2D eigenvalue weighted by atomic mass is 32.2. The minimum atomic E-state index is -3.80. The van der Waals surface area contributed by atoms with Crippen molar-refractivity contribution in [2.45, 2.75) is 18.7 Å². The maximum absolute atomic E-state index is 12.5. The molecule has 0 unspecified atom stereocenters. The van der Waals surface area contributed by atoms with Crippen LogP contribution in [0.1, 0.15) is 12.6 Å². The lowest BCUT2D eigenvalue weighted by molar-refractivity contribution is -0.114. The van der Waals surface area contributed by atoms with Gasteiger partial charge in [0.25, 0.3) is 10.0 Å². The minimum Gasteiger partial charge on any atom is -0.495 e. The van der Waals surface area contributed by atoms with E-state index in [4.69, 9.17) is 4.74 Å².